The van der Waals surface area contributed by atoms with E-state index in [9.17, 15) is 4.79 Å². The van der Waals surface area contributed by atoms with Gasteiger partial charge in [-0.05, 0) is 26.0 Å². The van der Waals surface area contributed by atoms with Crippen LogP contribution in [0.1, 0.15) is 13.3 Å². The van der Waals surface area contributed by atoms with Crippen molar-refractivity contribution in [2.75, 3.05) is 19.6 Å². The zero-order chi connectivity index (χ0) is 11.4. The number of aromatic nitrogens is 1. The molecule has 4 nitrogen and oxygen atoms in total. The average Bonchev–Trinajstić information content (AvgIpc) is 2.68. The Labute approximate surface area is 95.7 Å². The number of rotatable bonds is 4. The average molecular weight is 221 g/mol. The summed E-state index contributed by atoms with van der Waals surface area (Å²) in [6, 6.07) is 5.26. The van der Waals surface area contributed by atoms with Crippen LogP contribution in [-0.2, 0) is 6.54 Å². The summed E-state index contributed by atoms with van der Waals surface area (Å²) in [5.41, 5.74) is 0.261. The van der Waals surface area contributed by atoms with Gasteiger partial charge >= 0.3 is 0 Å². The molecule has 1 aromatic rings. The molecule has 0 spiro atoms. The van der Waals surface area contributed by atoms with Crippen molar-refractivity contribution in [3.8, 4) is 0 Å². The second-order valence-electron chi connectivity index (χ2n) is 4.65. The standard InChI is InChI=1S/C12H19N3O/c1-12(5-6-13-10-12)14-7-9-15-8-3-2-4-11(15)16/h2-4,8,13-14H,5-7,9-10H2,1H3. The van der Waals surface area contributed by atoms with Crippen LogP contribution in [0, 0.1) is 0 Å². The normalized spacial score (nSPS) is 24.8. The topological polar surface area (TPSA) is 46.1 Å². The maximum Gasteiger partial charge on any atom is 0.250 e. The lowest BCUT2D eigenvalue weighted by Gasteiger charge is -2.24. The molecule has 1 fully saturated rings. The first-order valence-corrected chi connectivity index (χ1v) is 5.81. The summed E-state index contributed by atoms with van der Waals surface area (Å²) in [6.45, 7) is 5.88. The molecular weight excluding hydrogens is 202 g/mol. The fraction of sp³-hybridized carbons (Fsp3) is 0.583. The lowest BCUT2D eigenvalue weighted by Crippen LogP contribution is -2.45. The van der Waals surface area contributed by atoms with E-state index in [-0.39, 0.29) is 11.1 Å². The molecule has 1 saturated heterocycles. The van der Waals surface area contributed by atoms with Crippen LogP contribution in [0.15, 0.2) is 29.2 Å². The van der Waals surface area contributed by atoms with Crippen molar-refractivity contribution in [1.82, 2.24) is 15.2 Å². The van der Waals surface area contributed by atoms with E-state index >= 15 is 0 Å². The van der Waals surface area contributed by atoms with Crippen molar-refractivity contribution >= 4 is 0 Å². The van der Waals surface area contributed by atoms with Gasteiger partial charge in [0, 0.05) is 37.4 Å². The van der Waals surface area contributed by atoms with Gasteiger partial charge in [0.2, 0.25) is 0 Å². The minimum Gasteiger partial charge on any atom is -0.315 e. The molecule has 0 radical (unpaired) electrons. The van der Waals surface area contributed by atoms with Gasteiger partial charge in [0.05, 0.1) is 0 Å². The lowest BCUT2D eigenvalue weighted by molar-refractivity contribution is 0.376. The van der Waals surface area contributed by atoms with Crippen LogP contribution in [0.5, 0.6) is 0 Å². The van der Waals surface area contributed by atoms with Gasteiger partial charge in [-0.3, -0.25) is 4.79 Å². The highest BCUT2D eigenvalue weighted by molar-refractivity contribution is 4.94. The molecule has 1 aliphatic heterocycles. The third kappa shape index (κ3) is 2.71. The smallest absolute Gasteiger partial charge is 0.250 e. The van der Waals surface area contributed by atoms with E-state index in [1.165, 1.54) is 0 Å². The van der Waals surface area contributed by atoms with Crippen molar-refractivity contribution in [3.05, 3.63) is 34.7 Å². The Morgan fingerprint density at radius 3 is 3.12 bits per heavy atom. The Bertz CT molecular complexity index is 393. The summed E-state index contributed by atoms with van der Waals surface area (Å²) < 4.78 is 1.73. The Kier molecular flexibility index (Phi) is 3.41. The van der Waals surface area contributed by atoms with Crippen molar-refractivity contribution in [2.45, 2.75) is 25.4 Å². The minimum atomic E-state index is 0.0685. The Hall–Kier alpha value is -1.13. The summed E-state index contributed by atoms with van der Waals surface area (Å²) >= 11 is 0. The van der Waals surface area contributed by atoms with Crippen LogP contribution in [0.25, 0.3) is 0 Å². The van der Waals surface area contributed by atoms with Gasteiger partial charge in [-0.1, -0.05) is 6.07 Å². The van der Waals surface area contributed by atoms with Crippen LogP contribution in [-0.4, -0.2) is 29.7 Å². The molecule has 0 aliphatic carbocycles. The molecule has 0 bridgehead atoms. The minimum absolute atomic E-state index is 0.0685. The first-order valence-electron chi connectivity index (χ1n) is 5.81. The monoisotopic (exact) mass is 221 g/mol. The summed E-state index contributed by atoms with van der Waals surface area (Å²) in [6.07, 6.45) is 2.98. The summed E-state index contributed by atoms with van der Waals surface area (Å²) in [5.74, 6) is 0. The van der Waals surface area contributed by atoms with Gasteiger partial charge in [-0.15, -0.1) is 0 Å². The maximum atomic E-state index is 11.4. The van der Waals surface area contributed by atoms with Gasteiger partial charge < -0.3 is 15.2 Å². The van der Waals surface area contributed by atoms with E-state index in [1.54, 1.807) is 16.7 Å². The number of hydrogen-bond donors (Lipinski definition) is 2. The van der Waals surface area contributed by atoms with E-state index in [0.29, 0.717) is 0 Å². The van der Waals surface area contributed by atoms with Crippen molar-refractivity contribution < 1.29 is 0 Å². The molecule has 2 heterocycles. The van der Waals surface area contributed by atoms with Crippen LogP contribution >= 0.6 is 0 Å². The maximum absolute atomic E-state index is 11.4. The molecule has 4 heteroatoms. The van der Waals surface area contributed by atoms with Crippen LogP contribution in [0.2, 0.25) is 0 Å². The van der Waals surface area contributed by atoms with Crippen molar-refractivity contribution in [2.24, 2.45) is 0 Å². The van der Waals surface area contributed by atoms with E-state index in [1.807, 2.05) is 12.3 Å². The van der Waals surface area contributed by atoms with E-state index < -0.39 is 0 Å². The SMILES string of the molecule is CC1(NCCn2ccccc2=O)CCNC1. The number of nitrogens with one attached hydrogen (secondary N) is 2. The molecule has 1 aromatic heterocycles. The highest BCUT2D eigenvalue weighted by Crippen LogP contribution is 2.12. The molecule has 2 rings (SSSR count). The van der Waals surface area contributed by atoms with Gasteiger partial charge in [-0.2, -0.15) is 0 Å². The molecule has 0 aromatic carbocycles. The first kappa shape index (κ1) is 11.4. The molecule has 0 amide bonds. The van der Waals surface area contributed by atoms with E-state index in [0.717, 1.165) is 32.6 Å². The highest BCUT2D eigenvalue weighted by atomic mass is 16.1. The van der Waals surface area contributed by atoms with E-state index in [4.69, 9.17) is 0 Å². The molecule has 88 valence electrons. The van der Waals surface area contributed by atoms with Crippen LogP contribution in [0.4, 0.5) is 0 Å². The number of pyridine rings is 1. The van der Waals surface area contributed by atoms with Gasteiger partial charge in [0.25, 0.3) is 5.56 Å². The molecular formula is C12H19N3O. The summed E-state index contributed by atoms with van der Waals surface area (Å²) in [7, 11) is 0. The molecule has 2 N–H and O–H groups in total. The van der Waals surface area contributed by atoms with Gasteiger partial charge in [-0.25, -0.2) is 0 Å². The Morgan fingerprint density at radius 2 is 2.44 bits per heavy atom. The van der Waals surface area contributed by atoms with Gasteiger partial charge in [0.1, 0.15) is 0 Å². The fourth-order valence-corrected chi connectivity index (χ4v) is 2.09. The van der Waals surface area contributed by atoms with Crippen LogP contribution < -0.4 is 16.2 Å². The number of hydrogen-bond acceptors (Lipinski definition) is 3. The molecule has 0 saturated carbocycles. The summed E-state index contributed by atoms with van der Waals surface area (Å²) in [5, 5.41) is 6.85. The van der Waals surface area contributed by atoms with E-state index in [2.05, 4.69) is 17.6 Å². The zero-order valence-electron chi connectivity index (χ0n) is 9.70. The third-order valence-electron chi connectivity index (χ3n) is 3.17. The zero-order valence-corrected chi connectivity index (χ0v) is 9.70. The van der Waals surface area contributed by atoms with Crippen LogP contribution in [0.3, 0.4) is 0 Å². The molecule has 1 aliphatic rings. The predicted octanol–water partition coefficient (Wildman–Crippen LogP) is 0.190. The second kappa shape index (κ2) is 4.80. The quantitative estimate of drug-likeness (QED) is 0.763. The number of nitrogens with zero attached hydrogens (tertiary/aromatic N) is 1. The summed E-state index contributed by atoms with van der Waals surface area (Å²) in [4.78, 5) is 11.4. The lowest BCUT2D eigenvalue weighted by atomic mass is 10.0. The Balaban J connectivity index is 1.84. The fourth-order valence-electron chi connectivity index (χ4n) is 2.09. The second-order valence-corrected chi connectivity index (χ2v) is 4.65. The molecule has 1 unspecified atom stereocenters. The molecule has 1 atom stereocenters. The van der Waals surface area contributed by atoms with Gasteiger partial charge in [0.15, 0.2) is 0 Å². The predicted molar refractivity (Wildman–Crippen MR) is 64.6 cm³/mol. The molecule has 16 heavy (non-hydrogen) atoms. The third-order valence-corrected chi connectivity index (χ3v) is 3.17. The Morgan fingerprint density at radius 1 is 1.56 bits per heavy atom. The van der Waals surface area contributed by atoms with Crippen molar-refractivity contribution in [3.63, 3.8) is 0 Å². The first-order chi connectivity index (χ1) is 7.70. The largest absolute Gasteiger partial charge is 0.315 e. The highest BCUT2D eigenvalue weighted by Gasteiger charge is 2.27. The van der Waals surface area contributed by atoms with Crippen molar-refractivity contribution in [1.29, 1.82) is 0 Å².